The molecule has 10 nitrogen and oxygen atoms in total. The average Bonchev–Trinajstić information content (AvgIpc) is 2.87. The molecule has 3 rings (SSSR count). The maximum Gasteiger partial charge on any atom is 1.00 e. The first-order chi connectivity index (χ1) is 17.9. The number of hydrogen-bond acceptors (Lipinski definition) is 8. The van der Waals surface area contributed by atoms with E-state index < -0.39 is 34.4 Å². The number of nitrogens with one attached hydrogen (secondary N) is 1. The van der Waals surface area contributed by atoms with Crippen molar-refractivity contribution in [1.29, 1.82) is 5.26 Å². The Bertz CT molecular complexity index is 1590. The number of carbonyl (C=O) groups is 3. The molecule has 196 valence electrons. The van der Waals surface area contributed by atoms with E-state index >= 15 is 0 Å². The van der Waals surface area contributed by atoms with E-state index in [-0.39, 0.29) is 72.6 Å². The van der Waals surface area contributed by atoms with Gasteiger partial charge in [-0.15, -0.1) is 0 Å². The van der Waals surface area contributed by atoms with E-state index in [1.165, 1.54) is 54.6 Å². The smallest absolute Gasteiger partial charge is 0.506 e. The summed E-state index contributed by atoms with van der Waals surface area (Å²) in [6, 6.07) is 14.1. The minimum absolute atomic E-state index is 0. The van der Waals surface area contributed by atoms with Gasteiger partial charge in [0, 0.05) is 21.3 Å². The van der Waals surface area contributed by atoms with E-state index in [9.17, 15) is 22.8 Å². The number of anilines is 1. The standard InChI is InChI=1S/C25H19Cl2N3O7S.Na/c1-14-7-19(38(34,35)30-25(33)36-2)4-5-21(14)29-23(31)13-37-22-6-3-17(26)11-20(22)24(32)16-8-15(12-28)9-18(27)10-16;/h3-11H,13H2,1-2H3,(H2,29,30,31,33);/q;+1/p-1. The summed E-state index contributed by atoms with van der Waals surface area (Å²) in [6.07, 6.45) is -1.27. The molecule has 0 fully saturated rings. The van der Waals surface area contributed by atoms with Crippen molar-refractivity contribution in [3.63, 3.8) is 0 Å². The third kappa shape index (κ3) is 8.44. The number of rotatable bonds is 8. The molecule has 0 aliphatic carbocycles. The number of carbonyl (C=O) groups excluding carboxylic acids is 3. The summed E-state index contributed by atoms with van der Waals surface area (Å²) in [5, 5.41) is 12.2. The Balaban J connectivity index is 0.00000533. The minimum Gasteiger partial charge on any atom is -0.506 e. The molecule has 0 aromatic heterocycles. The first-order valence-electron chi connectivity index (χ1n) is 10.6. The van der Waals surface area contributed by atoms with Gasteiger partial charge in [0.2, 0.25) is 6.09 Å². The van der Waals surface area contributed by atoms with E-state index in [1.807, 2.05) is 6.07 Å². The molecular formula is C25H18Cl2N3NaO7S. The predicted molar refractivity (Wildman–Crippen MR) is 139 cm³/mol. The molecular weight excluding hydrogens is 580 g/mol. The van der Waals surface area contributed by atoms with Gasteiger partial charge in [0.15, 0.2) is 12.4 Å². The number of sulfonamides is 1. The van der Waals surface area contributed by atoms with Crippen molar-refractivity contribution in [3.8, 4) is 11.8 Å². The number of aryl methyl sites for hydroxylation is 1. The Labute approximate surface area is 256 Å². The summed E-state index contributed by atoms with van der Waals surface area (Å²) < 4.78 is 37.2. The van der Waals surface area contributed by atoms with Gasteiger partial charge < -0.3 is 19.5 Å². The zero-order valence-electron chi connectivity index (χ0n) is 20.8. The van der Waals surface area contributed by atoms with Crippen LogP contribution in [0.1, 0.15) is 27.0 Å². The average molecular weight is 598 g/mol. The molecule has 0 spiro atoms. The Morgan fingerprint density at radius 1 is 1.03 bits per heavy atom. The number of methoxy groups -OCH3 is 1. The van der Waals surface area contributed by atoms with Gasteiger partial charge in [-0.2, -0.15) is 5.26 Å². The summed E-state index contributed by atoms with van der Waals surface area (Å²) in [6.45, 7) is 1.04. The number of ether oxygens (including phenoxy) is 2. The van der Waals surface area contributed by atoms with Crippen molar-refractivity contribution >= 4 is 56.7 Å². The summed E-state index contributed by atoms with van der Waals surface area (Å²) in [5.74, 6) is -1.06. The monoisotopic (exact) mass is 597 g/mol. The summed E-state index contributed by atoms with van der Waals surface area (Å²) >= 11 is 12.1. The molecule has 0 aliphatic rings. The van der Waals surface area contributed by atoms with E-state index in [0.717, 1.165) is 7.11 Å². The van der Waals surface area contributed by atoms with Gasteiger partial charge in [0.05, 0.1) is 29.2 Å². The quantitative estimate of drug-likeness (QED) is 0.306. The summed E-state index contributed by atoms with van der Waals surface area (Å²) in [7, 11) is -3.29. The molecule has 0 heterocycles. The van der Waals surface area contributed by atoms with Crippen LogP contribution in [0.2, 0.25) is 10.0 Å². The van der Waals surface area contributed by atoms with Crippen LogP contribution in [0.15, 0.2) is 59.5 Å². The van der Waals surface area contributed by atoms with Crippen LogP contribution in [0.4, 0.5) is 10.5 Å². The van der Waals surface area contributed by atoms with Crippen LogP contribution in [0, 0.1) is 18.3 Å². The van der Waals surface area contributed by atoms with E-state index in [1.54, 1.807) is 6.92 Å². The number of hydrogen-bond donors (Lipinski definition) is 1. The largest absolute Gasteiger partial charge is 1.00 e. The first-order valence-corrected chi connectivity index (χ1v) is 12.8. The normalized spacial score (nSPS) is 10.4. The fraction of sp³-hybridized carbons (Fsp3) is 0.120. The molecule has 0 bridgehead atoms. The number of amides is 2. The second kappa shape index (κ2) is 13.8. The van der Waals surface area contributed by atoms with E-state index in [0.29, 0.717) is 5.56 Å². The van der Waals surface area contributed by atoms with Crippen molar-refractivity contribution in [3.05, 3.63) is 91.6 Å². The van der Waals surface area contributed by atoms with Crippen LogP contribution in [0.25, 0.3) is 4.72 Å². The van der Waals surface area contributed by atoms with Crippen LogP contribution in [0.3, 0.4) is 0 Å². The number of nitrogens with zero attached hydrogens (tertiary/aromatic N) is 2. The van der Waals surface area contributed by atoms with Gasteiger partial charge in [-0.25, -0.2) is 8.42 Å². The minimum atomic E-state index is -4.29. The van der Waals surface area contributed by atoms with Crippen molar-refractivity contribution in [2.24, 2.45) is 0 Å². The van der Waals surface area contributed by atoms with Crippen molar-refractivity contribution in [2.75, 3.05) is 19.0 Å². The maximum atomic E-state index is 13.1. The predicted octanol–water partition coefficient (Wildman–Crippen LogP) is 2.25. The second-order valence-electron chi connectivity index (χ2n) is 7.66. The molecule has 0 aliphatic heterocycles. The van der Waals surface area contributed by atoms with Gasteiger partial charge >= 0.3 is 29.6 Å². The Morgan fingerprint density at radius 3 is 2.38 bits per heavy atom. The zero-order chi connectivity index (χ0) is 28.0. The number of halogens is 2. The first kappa shape index (κ1) is 32.1. The molecule has 0 saturated carbocycles. The van der Waals surface area contributed by atoms with Crippen molar-refractivity contribution in [1.82, 2.24) is 0 Å². The molecule has 3 aromatic carbocycles. The molecule has 0 atom stereocenters. The van der Waals surface area contributed by atoms with E-state index in [4.69, 9.17) is 33.2 Å². The van der Waals surface area contributed by atoms with Crippen LogP contribution in [-0.2, 0) is 19.6 Å². The fourth-order valence-corrected chi connectivity index (χ4v) is 4.55. The third-order valence-corrected chi connectivity index (χ3v) is 6.67. The third-order valence-electron chi connectivity index (χ3n) is 4.97. The molecule has 0 radical (unpaired) electrons. The summed E-state index contributed by atoms with van der Waals surface area (Å²) in [4.78, 5) is 36.6. The molecule has 39 heavy (non-hydrogen) atoms. The zero-order valence-corrected chi connectivity index (χ0v) is 25.1. The number of ketones is 1. The molecule has 14 heteroatoms. The molecule has 3 aromatic rings. The molecule has 2 amide bonds. The Kier molecular flexibility index (Phi) is 11.4. The molecule has 0 unspecified atom stereocenters. The SMILES string of the molecule is COC(=O)[N-]S(=O)(=O)c1ccc(NC(=O)COc2ccc(Cl)cc2C(=O)c2cc(Cl)cc(C#N)c2)c(C)c1.[Na+]. The van der Waals surface area contributed by atoms with Crippen LogP contribution < -0.4 is 39.6 Å². The second-order valence-corrected chi connectivity index (χ2v) is 10.1. The van der Waals surface area contributed by atoms with Gasteiger partial charge in [0.1, 0.15) is 15.8 Å². The summed E-state index contributed by atoms with van der Waals surface area (Å²) in [5.41, 5.74) is 1.03. The number of nitriles is 1. The molecule has 1 N–H and O–H groups in total. The van der Waals surface area contributed by atoms with Crippen molar-refractivity contribution in [2.45, 2.75) is 11.8 Å². The van der Waals surface area contributed by atoms with Gasteiger partial charge in [-0.05, 0) is 67.1 Å². The fourth-order valence-electron chi connectivity index (χ4n) is 3.20. The number of benzene rings is 3. The van der Waals surface area contributed by atoms with Crippen LogP contribution in [0.5, 0.6) is 5.75 Å². The Hall–Kier alpha value is -3.11. The van der Waals surface area contributed by atoms with E-state index in [2.05, 4.69) is 14.8 Å². The van der Waals surface area contributed by atoms with Gasteiger partial charge in [-0.1, -0.05) is 23.2 Å². The van der Waals surface area contributed by atoms with Gasteiger partial charge in [-0.3, -0.25) is 14.4 Å². The van der Waals surface area contributed by atoms with Gasteiger partial charge in [0.25, 0.3) is 5.91 Å². The van der Waals surface area contributed by atoms with Crippen molar-refractivity contribution < 1.29 is 61.8 Å². The van der Waals surface area contributed by atoms with Crippen LogP contribution >= 0.6 is 23.2 Å². The topological polar surface area (TPSA) is 154 Å². The van der Waals surface area contributed by atoms with Crippen LogP contribution in [-0.4, -0.2) is 39.9 Å². The molecule has 0 saturated heterocycles. The maximum absolute atomic E-state index is 13.1. The Morgan fingerprint density at radius 2 is 1.74 bits per heavy atom.